The molecule has 0 saturated carbocycles. The number of hydrogen-bond acceptors (Lipinski definition) is 4. The molecule has 1 heterocycles. The molecule has 0 amide bonds. The Hall–Kier alpha value is -1.36. The standard InChI is InChI=1S/C8H6O4S/c9-8(10)4-1-5-6(2-7(4)13)12-3-11-5/h1-2,13H,3H2,(H,9,10). The highest BCUT2D eigenvalue weighted by atomic mass is 32.1. The van der Waals surface area contributed by atoms with Crippen LogP contribution in [-0.2, 0) is 0 Å². The Balaban J connectivity index is 2.55. The van der Waals surface area contributed by atoms with Crippen LogP contribution in [0.1, 0.15) is 10.4 Å². The molecule has 1 aliphatic heterocycles. The third-order valence-corrected chi connectivity index (χ3v) is 2.09. The van der Waals surface area contributed by atoms with Crippen molar-refractivity contribution >= 4 is 18.6 Å². The van der Waals surface area contributed by atoms with Gasteiger partial charge in [-0.25, -0.2) is 4.79 Å². The van der Waals surface area contributed by atoms with Crippen molar-refractivity contribution in [3.05, 3.63) is 17.7 Å². The van der Waals surface area contributed by atoms with Gasteiger partial charge in [0.2, 0.25) is 6.79 Å². The maximum absolute atomic E-state index is 10.7. The fraction of sp³-hybridized carbons (Fsp3) is 0.125. The van der Waals surface area contributed by atoms with Gasteiger partial charge in [-0.15, -0.1) is 12.6 Å². The predicted octanol–water partition coefficient (Wildman–Crippen LogP) is 1.40. The summed E-state index contributed by atoms with van der Waals surface area (Å²) in [7, 11) is 0. The summed E-state index contributed by atoms with van der Waals surface area (Å²) in [5, 5.41) is 8.75. The third-order valence-electron chi connectivity index (χ3n) is 1.72. The molecule has 0 atom stereocenters. The Morgan fingerprint density at radius 1 is 1.38 bits per heavy atom. The van der Waals surface area contributed by atoms with Gasteiger partial charge in [-0.05, 0) is 12.1 Å². The summed E-state index contributed by atoms with van der Waals surface area (Å²) in [4.78, 5) is 11.0. The molecular formula is C8H6O4S. The Kier molecular flexibility index (Phi) is 1.81. The number of rotatable bonds is 1. The summed E-state index contributed by atoms with van der Waals surface area (Å²) in [5.74, 6) is -0.0338. The SMILES string of the molecule is O=C(O)c1cc2c(cc1S)OCO2. The van der Waals surface area contributed by atoms with Crippen LogP contribution in [0, 0.1) is 0 Å². The smallest absolute Gasteiger partial charge is 0.336 e. The van der Waals surface area contributed by atoms with E-state index in [-0.39, 0.29) is 12.4 Å². The minimum Gasteiger partial charge on any atom is -0.478 e. The monoisotopic (exact) mass is 198 g/mol. The summed E-state index contributed by atoms with van der Waals surface area (Å²) in [6.45, 7) is 0.131. The Morgan fingerprint density at radius 2 is 2.00 bits per heavy atom. The van der Waals surface area contributed by atoms with Gasteiger partial charge in [0.25, 0.3) is 0 Å². The maximum Gasteiger partial charge on any atom is 0.336 e. The first-order chi connectivity index (χ1) is 6.18. The first-order valence-corrected chi connectivity index (χ1v) is 3.99. The van der Waals surface area contributed by atoms with Crippen LogP contribution in [0.2, 0.25) is 0 Å². The normalized spacial score (nSPS) is 13.0. The number of fused-ring (bicyclic) bond motifs is 1. The fourth-order valence-corrected chi connectivity index (χ4v) is 1.38. The summed E-state index contributed by atoms with van der Waals surface area (Å²) >= 11 is 4.02. The molecule has 1 aromatic rings. The van der Waals surface area contributed by atoms with Crippen molar-refractivity contribution in [3.63, 3.8) is 0 Å². The van der Waals surface area contributed by atoms with E-state index in [0.29, 0.717) is 16.4 Å². The largest absolute Gasteiger partial charge is 0.478 e. The molecule has 5 heteroatoms. The van der Waals surface area contributed by atoms with Crippen LogP contribution in [0.3, 0.4) is 0 Å². The summed E-state index contributed by atoms with van der Waals surface area (Å²) in [6, 6.07) is 2.95. The molecule has 0 aromatic heterocycles. The quantitative estimate of drug-likeness (QED) is 0.670. The topological polar surface area (TPSA) is 55.8 Å². The van der Waals surface area contributed by atoms with Crippen LogP contribution in [0.4, 0.5) is 0 Å². The van der Waals surface area contributed by atoms with Crippen LogP contribution in [0.25, 0.3) is 0 Å². The van der Waals surface area contributed by atoms with Gasteiger partial charge in [-0.2, -0.15) is 0 Å². The van der Waals surface area contributed by atoms with Crippen LogP contribution in [-0.4, -0.2) is 17.9 Å². The number of carboxylic acid groups (broad SMARTS) is 1. The molecule has 0 fully saturated rings. The molecule has 0 unspecified atom stereocenters. The highest BCUT2D eigenvalue weighted by Gasteiger charge is 2.18. The molecule has 1 aliphatic rings. The van der Waals surface area contributed by atoms with Gasteiger partial charge in [0.1, 0.15) is 0 Å². The zero-order chi connectivity index (χ0) is 9.42. The molecule has 68 valence electrons. The van der Waals surface area contributed by atoms with Gasteiger partial charge in [0, 0.05) is 4.90 Å². The minimum absolute atomic E-state index is 0.118. The summed E-state index contributed by atoms with van der Waals surface area (Å²) in [6.07, 6.45) is 0. The van der Waals surface area contributed by atoms with Gasteiger partial charge in [-0.3, -0.25) is 0 Å². The van der Waals surface area contributed by atoms with Crippen molar-refractivity contribution in [2.24, 2.45) is 0 Å². The van der Waals surface area contributed by atoms with Gasteiger partial charge in [0.05, 0.1) is 5.56 Å². The van der Waals surface area contributed by atoms with Gasteiger partial charge >= 0.3 is 5.97 Å². The molecule has 0 spiro atoms. The molecular weight excluding hydrogens is 192 g/mol. The van der Waals surface area contributed by atoms with E-state index >= 15 is 0 Å². The molecule has 0 aliphatic carbocycles. The number of carboxylic acids is 1. The van der Waals surface area contributed by atoms with Crippen molar-refractivity contribution in [1.29, 1.82) is 0 Å². The van der Waals surface area contributed by atoms with E-state index in [4.69, 9.17) is 14.6 Å². The van der Waals surface area contributed by atoms with E-state index in [0.717, 1.165) is 0 Å². The van der Waals surface area contributed by atoms with E-state index in [1.807, 2.05) is 0 Å². The Labute approximate surface area is 79.5 Å². The van der Waals surface area contributed by atoms with Crippen molar-refractivity contribution < 1.29 is 19.4 Å². The van der Waals surface area contributed by atoms with Crippen molar-refractivity contribution in [2.45, 2.75) is 4.90 Å². The number of benzene rings is 1. The molecule has 2 rings (SSSR count). The number of thiol groups is 1. The Bertz CT molecular complexity index is 375. The fourth-order valence-electron chi connectivity index (χ4n) is 1.10. The number of hydrogen-bond donors (Lipinski definition) is 2. The molecule has 1 aromatic carbocycles. The highest BCUT2D eigenvalue weighted by Crippen LogP contribution is 2.35. The highest BCUT2D eigenvalue weighted by molar-refractivity contribution is 7.80. The number of ether oxygens (including phenoxy) is 2. The molecule has 13 heavy (non-hydrogen) atoms. The summed E-state index contributed by atoms with van der Waals surface area (Å²) < 4.78 is 10.1. The van der Waals surface area contributed by atoms with E-state index in [1.165, 1.54) is 12.1 Å². The average Bonchev–Trinajstić information content (AvgIpc) is 2.48. The number of aromatic carboxylic acids is 1. The average molecular weight is 198 g/mol. The van der Waals surface area contributed by atoms with E-state index in [1.54, 1.807) is 0 Å². The number of carbonyl (C=O) groups is 1. The van der Waals surface area contributed by atoms with E-state index in [9.17, 15) is 4.79 Å². The van der Waals surface area contributed by atoms with Crippen molar-refractivity contribution in [3.8, 4) is 11.5 Å². The second kappa shape index (κ2) is 2.85. The lowest BCUT2D eigenvalue weighted by Crippen LogP contribution is -1.97. The second-order valence-corrected chi connectivity index (χ2v) is 3.01. The molecule has 1 N–H and O–H groups in total. The maximum atomic E-state index is 10.7. The summed E-state index contributed by atoms with van der Waals surface area (Å²) in [5.41, 5.74) is 0.118. The first-order valence-electron chi connectivity index (χ1n) is 3.54. The van der Waals surface area contributed by atoms with Gasteiger partial charge in [-0.1, -0.05) is 0 Å². The zero-order valence-electron chi connectivity index (χ0n) is 6.48. The van der Waals surface area contributed by atoms with E-state index < -0.39 is 5.97 Å². The van der Waals surface area contributed by atoms with Gasteiger partial charge < -0.3 is 14.6 Å². The van der Waals surface area contributed by atoms with Crippen molar-refractivity contribution in [1.82, 2.24) is 0 Å². The van der Waals surface area contributed by atoms with Crippen LogP contribution in [0.15, 0.2) is 17.0 Å². The lowest BCUT2D eigenvalue weighted by atomic mass is 10.2. The molecule has 0 radical (unpaired) electrons. The minimum atomic E-state index is -1.02. The van der Waals surface area contributed by atoms with E-state index in [2.05, 4.69) is 12.6 Å². The van der Waals surface area contributed by atoms with Crippen molar-refractivity contribution in [2.75, 3.05) is 6.79 Å². The lowest BCUT2D eigenvalue weighted by molar-refractivity contribution is 0.0692. The second-order valence-electron chi connectivity index (χ2n) is 2.53. The van der Waals surface area contributed by atoms with Crippen LogP contribution in [0.5, 0.6) is 11.5 Å². The van der Waals surface area contributed by atoms with Crippen LogP contribution < -0.4 is 9.47 Å². The van der Waals surface area contributed by atoms with Gasteiger partial charge in [0.15, 0.2) is 11.5 Å². The molecule has 0 saturated heterocycles. The predicted molar refractivity (Wildman–Crippen MR) is 46.8 cm³/mol. The first kappa shape index (κ1) is 8.25. The molecule has 0 bridgehead atoms. The lowest BCUT2D eigenvalue weighted by Gasteiger charge is -2.01. The Morgan fingerprint density at radius 3 is 2.62 bits per heavy atom. The third kappa shape index (κ3) is 1.31. The zero-order valence-corrected chi connectivity index (χ0v) is 7.38. The molecule has 4 nitrogen and oxygen atoms in total. The van der Waals surface area contributed by atoms with Crippen LogP contribution >= 0.6 is 12.6 Å².